The highest BCUT2D eigenvalue weighted by atomic mass is 15.4. The monoisotopic (exact) mass is 581 g/mol. The van der Waals surface area contributed by atoms with Gasteiger partial charge in [0.05, 0.1) is 12.6 Å². The van der Waals surface area contributed by atoms with Crippen molar-refractivity contribution in [1.82, 2.24) is 14.7 Å². The molecule has 6 heteroatoms. The van der Waals surface area contributed by atoms with Gasteiger partial charge in [-0.05, 0) is 106 Å². The van der Waals surface area contributed by atoms with E-state index in [2.05, 4.69) is 21.6 Å². The van der Waals surface area contributed by atoms with E-state index in [0.717, 1.165) is 68.3 Å². The Labute approximate surface area is 258 Å². The fourth-order valence-electron chi connectivity index (χ4n) is 10.9. The molecule has 5 aliphatic carbocycles. The van der Waals surface area contributed by atoms with E-state index in [4.69, 9.17) is 16.1 Å². The van der Waals surface area contributed by atoms with Gasteiger partial charge in [-0.1, -0.05) is 64.7 Å². The van der Waals surface area contributed by atoms with Crippen LogP contribution in [0.1, 0.15) is 142 Å². The molecule has 0 aromatic carbocycles. The quantitative estimate of drug-likeness (QED) is 0.184. The zero-order chi connectivity index (χ0) is 28.9. The highest BCUT2D eigenvalue weighted by Crippen LogP contribution is 2.61. The summed E-state index contributed by atoms with van der Waals surface area (Å²) in [5, 5.41) is 9.05. The SMILES string of the molecule is CCCC[C@H]1CN(CCCC[C@H]2CN=C(N)N2CCC23CC4CC(CC(C4)C2)C3)C(=N)N1CCCCC1CCCCC1. The number of rotatable bonds is 16. The molecule has 6 nitrogen and oxygen atoms in total. The third kappa shape index (κ3) is 7.25. The van der Waals surface area contributed by atoms with Crippen molar-refractivity contribution in [2.24, 2.45) is 39.8 Å². The van der Waals surface area contributed by atoms with Crippen molar-refractivity contribution in [2.45, 2.75) is 154 Å². The standard InChI is InChI=1S/C36H64N6/c1-2-3-14-33-27-40(35(38)42(33)18-10-7-13-28-11-5-4-6-12-28)17-9-8-15-32-26-39-34(37)41(32)19-16-36-23-29-20-30(24-36)22-31(21-29)25-36/h28-33,38H,2-27H2,1H3,(H2,37,39)/t29?,30?,31?,32-,33-,36?/m0/s1. The first-order valence-electron chi connectivity index (χ1n) is 18.7. The van der Waals surface area contributed by atoms with E-state index < -0.39 is 0 Å². The lowest BCUT2D eigenvalue weighted by atomic mass is 9.49. The molecule has 2 atom stereocenters. The number of hydrogen-bond donors (Lipinski definition) is 2. The molecule has 2 aliphatic heterocycles. The van der Waals surface area contributed by atoms with Crippen LogP contribution in [-0.4, -0.2) is 71.4 Å². The summed E-state index contributed by atoms with van der Waals surface area (Å²) in [6.07, 6.45) is 29.1. The smallest absolute Gasteiger partial charge is 0.194 e. The van der Waals surface area contributed by atoms with Crippen molar-refractivity contribution in [3.8, 4) is 0 Å². The van der Waals surface area contributed by atoms with Gasteiger partial charge in [0.15, 0.2) is 11.9 Å². The number of nitrogens with two attached hydrogens (primary N) is 1. The van der Waals surface area contributed by atoms with Crippen LogP contribution in [0, 0.1) is 34.5 Å². The summed E-state index contributed by atoms with van der Waals surface area (Å²) >= 11 is 0. The molecule has 1 saturated heterocycles. The van der Waals surface area contributed by atoms with E-state index in [9.17, 15) is 0 Å². The van der Waals surface area contributed by atoms with Gasteiger partial charge in [-0.25, -0.2) is 0 Å². The molecule has 6 fully saturated rings. The maximum Gasteiger partial charge on any atom is 0.194 e. The fourth-order valence-corrected chi connectivity index (χ4v) is 10.9. The summed E-state index contributed by atoms with van der Waals surface area (Å²) in [4.78, 5) is 12.1. The van der Waals surface area contributed by atoms with Gasteiger partial charge in [0, 0.05) is 32.2 Å². The zero-order valence-corrected chi connectivity index (χ0v) is 27.2. The van der Waals surface area contributed by atoms with Crippen molar-refractivity contribution in [3.05, 3.63) is 0 Å². The molecule has 2 heterocycles. The van der Waals surface area contributed by atoms with Crippen LogP contribution in [-0.2, 0) is 0 Å². The van der Waals surface area contributed by atoms with Gasteiger partial charge in [0.25, 0.3) is 0 Å². The number of unbranched alkanes of at least 4 members (excludes halogenated alkanes) is 3. The molecule has 0 spiro atoms. The Morgan fingerprint density at radius 3 is 2.17 bits per heavy atom. The molecule has 0 radical (unpaired) electrons. The lowest BCUT2D eigenvalue weighted by molar-refractivity contribution is -0.0597. The van der Waals surface area contributed by atoms with Crippen LogP contribution in [0.5, 0.6) is 0 Å². The molecule has 7 rings (SSSR count). The number of nitrogens with zero attached hydrogens (tertiary/aromatic N) is 4. The Bertz CT molecular complexity index is 873. The van der Waals surface area contributed by atoms with Crippen LogP contribution in [0.15, 0.2) is 4.99 Å². The van der Waals surface area contributed by atoms with Crippen LogP contribution >= 0.6 is 0 Å². The van der Waals surface area contributed by atoms with Crippen molar-refractivity contribution >= 4 is 11.9 Å². The van der Waals surface area contributed by atoms with Crippen LogP contribution in [0.25, 0.3) is 0 Å². The molecular weight excluding hydrogens is 516 g/mol. The molecular formula is C36H64N6. The second-order valence-electron chi connectivity index (χ2n) is 16.0. The summed E-state index contributed by atoms with van der Waals surface area (Å²) in [6, 6.07) is 1.05. The normalized spacial score (nSPS) is 34.7. The summed E-state index contributed by atoms with van der Waals surface area (Å²) in [5.41, 5.74) is 7.09. The van der Waals surface area contributed by atoms with E-state index >= 15 is 0 Å². The highest BCUT2D eigenvalue weighted by Gasteiger charge is 2.50. The molecule has 7 aliphatic rings. The van der Waals surface area contributed by atoms with Gasteiger partial charge in [-0.15, -0.1) is 0 Å². The van der Waals surface area contributed by atoms with Gasteiger partial charge in [0.2, 0.25) is 0 Å². The minimum Gasteiger partial charge on any atom is -0.370 e. The summed E-state index contributed by atoms with van der Waals surface area (Å²) < 4.78 is 0. The maximum absolute atomic E-state index is 9.05. The highest BCUT2D eigenvalue weighted by molar-refractivity contribution is 5.80. The molecule has 42 heavy (non-hydrogen) atoms. The maximum atomic E-state index is 9.05. The Kier molecular flexibility index (Phi) is 10.3. The minimum atomic E-state index is 0.495. The summed E-state index contributed by atoms with van der Waals surface area (Å²) in [7, 11) is 0. The lowest BCUT2D eigenvalue weighted by Gasteiger charge is -2.57. The first-order chi connectivity index (χ1) is 20.5. The van der Waals surface area contributed by atoms with Gasteiger partial charge in [-0.2, -0.15) is 0 Å². The van der Waals surface area contributed by atoms with Crippen molar-refractivity contribution in [1.29, 1.82) is 5.41 Å². The van der Waals surface area contributed by atoms with E-state index in [0.29, 0.717) is 17.5 Å². The second-order valence-corrected chi connectivity index (χ2v) is 16.0. The van der Waals surface area contributed by atoms with Crippen LogP contribution in [0.2, 0.25) is 0 Å². The molecule has 0 unspecified atom stereocenters. The third-order valence-electron chi connectivity index (χ3n) is 12.8. The lowest BCUT2D eigenvalue weighted by Crippen LogP contribution is -2.49. The fraction of sp³-hybridized carbons (Fsp3) is 0.944. The zero-order valence-electron chi connectivity index (χ0n) is 27.2. The van der Waals surface area contributed by atoms with E-state index in [1.54, 1.807) is 0 Å². The van der Waals surface area contributed by atoms with Gasteiger partial charge in [-0.3, -0.25) is 10.4 Å². The molecule has 238 valence electrons. The summed E-state index contributed by atoms with van der Waals surface area (Å²) in [5.74, 6) is 5.70. The van der Waals surface area contributed by atoms with Crippen molar-refractivity contribution < 1.29 is 0 Å². The topological polar surface area (TPSA) is 72.0 Å². The molecule has 4 bridgehead atoms. The Balaban J connectivity index is 0.921. The van der Waals surface area contributed by atoms with E-state index in [1.807, 2.05) is 0 Å². The average molecular weight is 581 g/mol. The number of nitrogens with one attached hydrogen (secondary N) is 1. The Morgan fingerprint density at radius 1 is 0.786 bits per heavy atom. The van der Waals surface area contributed by atoms with Crippen molar-refractivity contribution in [3.63, 3.8) is 0 Å². The number of guanidine groups is 2. The van der Waals surface area contributed by atoms with Crippen LogP contribution < -0.4 is 5.73 Å². The molecule has 3 N–H and O–H groups in total. The molecule has 5 saturated carbocycles. The minimum absolute atomic E-state index is 0.495. The first-order valence-corrected chi connectivity index (χ1v) is 18.7. The van der Waals surface area contributed by atoms with Crippen LogP contribution in [0.3, 0.4) is 0 Å². The van der Waals surface area contributed by atoms with E-state index in [1.165, 1.54) is 135 Å². The largest absolute Gasteiger partial charge is 0.370 e. The Hall–Kier alpha value is -1.46. The summed E-state index contributed by atoms with van der Waals surface area (Å²) in [6.45, 7) is 7.51. The molecule has 0 aromatic heterocycles. The van der Waals surface area contributed by atoms with Gasteiger partial charge >= 0.3 is 0 Å². The first kappa shape index (κ1) is 30.6. The number of aliphatic imine (C=N–C) groups is 1. The predicted molar refractivity (Wildman–Crippen MR) is 176 cm³/mol. The predicted octanol–water partition coefficient (Wildman–Crippen LogP) is 7.62. The Morgan fingerprint density at radius 2 is 1.45 bits per heavy atom. The van der Waals surface area contributed by atoms with Crippen molar-refractivity contribution in [2.75, 3.05) is 32.7 Å². The van der Waals surface area contributed by atoms with Crippen LogP contribution in [0.4, 0.5) is 0 Å². The molecule has 0 aromatic rings. The average Bonchev–Trinajstić information content (AvgIpc) is 3.48. The van der Waals surface area contributed by atoms with E-state index in [-0.39, 0.29) is 0 Å². The second kappa shape index (κ2) is 14.1. The third-order valence-corrected chi connectivity index (χ3v) is 12.8. The molecule has 0 amide bonds. The number of hydrogen-bond acceptors (Lipinski definition) is 4. The van der Waals surface area contributed by atoms with Gasteiger partial charge in [0.1, 0.15) is 0 Å². The van der Waals surface area contributed by atoms with Gasteiger partial charge < -0.3 is 20.4 Å².